The molecule has 0 radical (unpaired) electrons. The van der Waals surface area contributed by atoms with Crippen LogP contribution in [0.4, 0.5) is 5.82 Å². The summed E-state index contributed by atoms with van der Waals surface area (Å²) in [5.41, 5.74) is 6.82. The Labute approximate surface area is 337 Å². The highest BCUT2D eigenvalue weighted by atomic mass is 31.2. The Morgan fingerprint density at radius 1 is 0.982 bits per heavy atom. The standard InChI is InChI=1S/C40H64N7O9P/c1-6-7-8-9-10-11-12-13-14-15-16-17-18-19-23-26-35(48)42-34-27-28-47(39(51)43-34)38-40(5,45-46-41)36(49)33(55-38)29-53-57(52,56-32-24-21-20-22-25-32)44-31(4)37(50)54-30(2)3/h20-22,24-25,27-28,30-31,33,36,38,49H,6-19,23,26,29H2,1-5H3,(H,44,52)(H,42,43,48,51)/t31-,33+,36+,38+,40+,57?/m0/s1. The zero-order valence-corrected chi connectivity index (χ0v) is 35.2. The second-order valence-electron chi connectivity index (χ2n) is 15.2. The summed E-state index contributed by atoms with van der Waals surface area (Å²) < 4.78 is 37.6. The zero-order chi connectivity index (χ0) is 41.7. The first kappa shape index (κ1) is 47.6. The number of azide groups is 1. The number of anilines is 1. The fourth-order valence-electron chi connectivity index (χ4n) is 6.61. The maximum absolute atomic E-state index is 14.0. The van der Waals surface area contributed by atoms with E-state index in [2.05, 4.69) is 32.3 Å². The van der Waals surface area contributed by atoms with E-state index >= 15 is 0 Å². The van der Waals surface area contributed by atoms with Crippen molar-refractivity contribution in [3.63, 3.8) is 0 Å². The lowest BCUT2D eigenvalue weighted by atomic mass is 9.93. The first-order valence-electron chi connectivity index (χ1n) is 20.6. The van der Waals surface area contributed by atoms with Crippen LogP contribution in [0.25, 0.3) is 10.4 Å². The van der Waals surface area contributed by atoms with Crippen LogP contribution in [0.3, 0.4) is 0 Å². The van der Waals surface area contributed by atoms with Crippen molar-refractivity contribution in [2.75, 3.05) is 11.9 Å². The van der Waals surface area contributed by atoms with Crippen molar-refractivity contribution in [2.45, 2.75) is 173 Å². The van der Waals surface area contributed by atoms with E-state index in [1.165, 1.54) is 109 Å². The third-order valence-electron chi connectivity index (χ3n) is 9.81. The number of para-hydroxylation sites is 1. The van der Waals surface area contributed by atoms with Gasteiger partial charge in [0.1, 0.15) is 29.3 Å². The molecule has 1 aliphatic rings. The van der Waals surface area contributed by atoms with Gasteiger partial charge in [0, 0.05) is 17.5 Å². The van der Waals surface area contributed by atoms with Crippen molar-refractivity contribution in [1.82, 2.24) is 14.6 Å². The van der Waals surface area contributed by atoms with E-state index < -0.39 is 62.1 Å². The molecule has 0 spiro atoms. The molecule has 3 N–H and O–H groups in total. The predicted octanol–water partition coefficient (Wildman–Crippen LogP) is 8.90. The van der Waals surface area contributed by atoms with Crippen LogP contribution in [0.2, 0.25) is 0 Å². The number of benzene rings is 1. The Balaban J connectivity index is 1.52. The van der Waals surface area contributed by atoms with Gasteiger partial charge in [0.25, 0.3) is 0 Å². The Morgan fingerprint density at radius 3 is 2.11 bits per heavy atom. The van der Waals surface area contributed by atoms with Gasteiger partial charge in [0.05, 0.1) is 18.8 Å². The van der Waals surface area contributed by atoms with E-state index in [0.717, 1.165) is 30.3 Å². The van der Waals surface area contributed by atoms with Gasteiger partial charge in [-0.05, 0) is 57.8 Å². The van der Waals surface area contributed by atoms with Crippen LogP contribution in [-0.4, -0.2) is 63.0 Å². The smallest absolute Gasteiger partial charge is 0.459 e. The number of rotatable bonds is 28. The molecule has 1 aromatic carbocycles. The molecule has 1 aromatic heterocycles. The van der Waals surface area contributed by atoms with E-state index in [9.17, 15) is 29.6 Å². The molecule has 3 rings (SSSR count). The van der Waals surface area contributed by atoms with E-state index in [0.29, 0.717) is 6.42 Å². The second kappa shape index (κ2) is 24.9. The van der Waals surface area contributed by atoms with Crippen LogP contribution in [0.5, 0.6) is 5.75 Å². The number of carbonyl (C=O) groups excluding carboxylic acids is 2. The summed E-state index contributed by atoms with van der Waals surface area (Å²) in [6.45, 7) is 7.83. The van der Waals surface area contributed by atoms with Gasteiger partial charge in [-0.1, -0.05) is 120 Å². The lowest BCUT2D eigenvalue weighted by Gasteiger charge is -2.28. The molecule has 6 atom stereocenters. The summed E-state index contributed by atoms with van der Waals surface area (Å²) in [5, 5.41) is 20.3. The summed E-state index contributed by atoms with van der Waals surface area (Å²) in [6, 6.07) is 8.40. The number of hydrogen-bond donors (Lipinski definition) is 3. The molecule has 57 heavy (non-hydrogen) atoms. The number of aliphatic hydroxyl groups excluding tert-OH is 1. The van der Waals surface area contributed by atoms with E-state index in [1.54, 1.807) is 32.0 Å². The molecule has 1 unspecified atom stereocenters. The molecule has 1 aliphatic heterocycles. The quantitative estimate of drug-likeness (QED) is 0.0184. The van der Waals surface area contributed by atoms with Crippen LogP contribution >= 0.6 is 7.75 Å². The minimum atomic E-state index is -4.34. The number of nitrogens with one attached hydrogen (secondary N) is 2. The number of carbonyl (C=O) groups is 2. The number of amides is 1. The number of aliphatic hydroxyl groups is 1. The largest absolute Gasteiger partial charge is 0.462 e. The minimum Gasteiger partial charge on any atom is -0.462 e. The highest BCUT2D eigenvalue weighted by molar-refractivity contribution is 7.52. The lowest BCUT2D eigenvalue weighted by molar-refractivity contribution is -0.149. The highest BCUT2D eigenvalue weighted by Gasteiger charge is 2.55. The fraction of sp³-hybridized carbons (Fsp3) is 0.700. The molecule has 1 saturated heterocycles. The van der Waals surface area contributed by atoms with Gasteiger partial charge < -0.3 is 24.4 Å². The average Bonchev–Trinajstić information content (AvgIpc) is 3.40. The molecule has 1 amide bonds. The van der Waals surface area contributed by atoms with Gasteiger partial charge in [0.2, 0.25) is 5.91 Å². The van der Waals surface area contributed by atoms with Crippen molar-refractivity contribution < 1.29 is 37.8 Å². The van der Waals surface area contributed by atoms with Gasteiger partial charge >= 0.3 is 19.4 Å². The minimum absolute atomic E-state index is 0.0429. The Kier molecular flexibility index (Phi) is 20.8. The number of hydrogen-bond acceptors (Lipinski definition) is 11. The van der Waals surface area contributed by atoms with Crippen LogP contribution in [0.15, 0.2) is 52.5 Å². The van der Waals surface area contributed by atoms with Crippen LogP contribution < -0.4 is 20.6 Å². The third kappa shape index (κ3) is 16.2. The molecule has 2 heterocycles. The molecule has 17 heteroatoms. The number of aromatic nitrogens is 2. The maximum atomic E-state index is 14.0. The van der Waals surface area contributed by atoms with Gasteiger partial charge in [-0.25, -0.2) is 9.36 Å². The molecular weight excluding hydrogens is 753 g/mol. The van der Waals surface area contributed by atoms with Crippen LogP contribution in [0.1, 0.15) is 144 Å². The first-order valence-corrected chi connectivity index (χ1v) is 22.1. The third-order valence-corrected chi connectivity index (χ3v) is 11.5. The zero-order valence-electron chi connectivity index (χ0n) is 34.3. The maximum Gasteiger partial charge on any atom is 0.459 e. The SMILES string of the molecule is CCCCCCCCCCCCCCCCCC(=O)Nc1ccn([C@@H]2O[C@H](COP(=O)(N[C@@H](C)C(=O)OC(C)C)Oc3ccccc3)[C@@H](O)[C@@]2(C)N=[N+]=[N-])c(=O)n1. The van der Waals surface area contributed by atoms with E-state index in [1.807, 2.05) is 0 Å². The lowest BCUT2D eigenvalue weighted by Crippen LogP contribution is -2.45. The molecular formula is C40H64N7O9P. The van der Waals surface area contributed by atoms with Crippen LogP contribution in [0, 0.1) is 0 Å². The van der Waals surface area contributed by atoms with Crippen molar-refractivity contribution in [3.8, 4) is 5.75 Å². The Hall–Kier alpha value is -3.78. The molecule has 0 aliphatic carbocycles. The Bertz CT molecular complexity index is 1670. The molecule has 318 valence electrons. The van der Waals surface area contributed by atoms with Gasteiger partial charge in [0.15, 0.2) is 6.23 Å². The van der Waals surface area contributed by atoms with Gasteiger partial charge in [-0.15, -0.1) is 0 Å². The van der Waals surface area contributed by atoms with Crippen molar-refractivity contribution in [2.24, 2.45) is 5.11 Å². The molecule has 1 fully saturated rings. The number of nitrogens with zero attached hydrogens (tertiary/aromatic N) is 5. The van der Waals surface area contributed by atoms with Crippen molar-refractivity contribution in [3.05, 3.63) is 63.5 Å². The number of unbranched alkanes of at least 4 members (excludes halogenated alkanes) is 14. The summed E-state index contributed by atoms with van der Waals surface area (Å²) in [7, 11) is -4.34. The molecule has 2 aromatic rings. The Morgan fingerprint density at radius 2 is 1.56 bits per heavy atom. The average molecular weight is 818 g/mol. The highest BCUT2D eigenvalue weighted by Crippen LogP contribution is 2.47. The van der Waals surface area contributed by atoms with Crippen LogP contribution in [-0.2, 0) is 28.2 Å². The monoisotopic (exact) mass is 817 g/mol. The van der Waals surface area contributed by atoms with Gasteiger partial charge in [-0.3, -0.25) is 18.7 Å². The van der Waals surface area contributed by atoms with E-state index in [4.69, 9.17) is 18.5 Å². The molecule has 16 nitrogen and oxygen atoms in total. The normalized spacial score (nSPS) is 20.7. The summed E-state index contributed by atoms with van der Waals surface area (Å²) >= 11 is 0. The predicted molar refractivity (Wildman–Crippen MR) is 219 cm³/mol. The van der Waals surface area contributed by atoms with Gasteiger partial charge in [-0.2, -0.15) is 10.1 Å². The second-order valence-corrected chi connectivity index (χ2v) is 16.9. The summed E-state index contributed by atoms with van der Waals surface area (Å²) in [5.74, 6) is -0.751. The topological polar surface area (TPSA) is 216 Å². The summed E-state index contributed by atoms with van der Waals surface area (Å²) in [6.07, 6.45) is 15.4. The molecule has 0 bridgehead atoms. The number of ether oxygens (including phenoxy) is 2. The first-order chi connectivity index (χ1) is 27.3. The molecule has 0 saturated carbocycles. The summed E-state index contributed by atoms with van der Waals surface area (Å²) in [4.78, 5) is 45.3. The fourth-order valence-corrected chi connectivity index (χ4v) is 8.11. The van der Waals surface area contributed by atoms with Crippen molar-refractivity contribution >= 4 is 25.4 Å². The van der Waals surface area contributed by atoms with Crippen molar-refractivity contribution in [1.29, 1.82) is 0 Å². The van der Waals surface area contributed by atoms with E-state index in [-0.39, 0.29) is 17.5 Å². The number of esters is 1.